The molecule has 0 spiro atoms. The predicted octanol–water partition coefficient (Wildman–Crippen LogP) is 2.23. The number of carbonyl (C=O) groups excluding carboxylic acids is 2. The van der Waals surface area contributed by atoms with Gasteiger partial charge in [-0.2, -0.15) is 0 Å². The Morgan fingerprint density at radius 3 is 2.46 bits per heavy atom. The Bertz CT molecular complexity index is 441. The van der Waals surface area contributed by atoms with Crippen LogP contribution in [0.2, 0.25) is 0 Å². The third-order valence-corrected chi connectivity index (χ3v) is 4.58. The number of ether oxygens (including phenoxy) is 1. The van der Waals surface area contributed by atoms with Crippen LogP contribution in [0.15, 0.2) is 0 Å². The summed E-state index contributed by atoms with van der Waals surface area (Å²) in [7, 11) is 0. The van der Waals surface area contributed by atoms with Gasteiger partial charge in [0.25, 0.3) is 0 Å². The molecular weight excluding hydrogens is 306 g/mol. The van der Waals surface area contributed by atoms with E-state index in [1.54, 1.807) is 4.90 Å². The van der Waals surface area contributed by atoms with Crippen molar-refractivity contribution in [1.29, 1.82) is 0 Å². The summed E-state index contributed by atoms with van der Waals surface area (Å²) in [4.78, 5) is 28.6. The predicted molar refractivity (Wildman–Crippen MR) is 93.8 cm³/mol. The lowest BCUT2D eigenvalue weighted by molar-refractivity contribution is -0.125. The normalized spacial score (nSPS) is 23.8. The minimum absolute atomic E-state index is 0.0607. The van der Waals surface area contributed by atoms with E-state index < -0.39 is 5.60 Å². The number of piperidine rings is 1. The van der Waals surface area contributed by atoms with Crippen LogP contribution in [0.1, 0.15) is 53.4 Å². The molecule has 2 unspecified atom stereocenters. The zero-order chi connectivity index (χ0) is 17.7. The van der Waals surface area contributed by atoms with Crippen molar-refractivity contribution in [1.82, 2.24) is 15.1 Å². The molecule has 6 heteroatoms. The molecule has 0 aromatic rings. The van der Waals surface area contributed by atoms with E-state index >= 15 is 0 Å². The minimum atomic E-state index is -0.500. The van der Waals surface area contributed by atoms with E-state index in [1.165, 1.54) is 19.3 Å². The van der Waals surface area contributed by atoms with Crippen LogP contribution in [-0.4, -0.2) is 66.2 Å². The molecule has 2 saturated heterocycles. The second kappa shape index (κ2) is 8.19. The van der Waals surface area contributed by atoms with Crippen LogP contribution in [0.4, 0.5) is 4.79 Å². The van der Waals surface area contributed by atoms with Gasteiger partial charge in [-0.15, -0.1) is 0 Å². The van der Waals surface area contributed by atoms with E-state index in [0.717, 1.165) is 19.6 Å². The molecule has 0 radical (unpaired) electrons. The Kier molecular flexibility index (Phi) is 6.49. The Balaban J connectivity index is 1.74. The molecule has 0 aromatic carbocycles. The molecule has 138 valence electrons. The van der Waals surface area contributed by atoms with Crippen molar-refractivity contribution in [2.75, 3.05) is 32.7 Å². The van der Waals surface area contributed by atoms with Crippen LogP contribution in [0.5, 0.6) is 0 Å². The number of likely N-dealkylation sites (tertiary alicyclic amines) is 2. The number of hydrogen-bond acceptors (Lipinski definition) is 4. The van der Waals surface area contributed by atoms with Crippen molar-refractivity contribution >= 4 is 12.0 Å². The van der Waals surface area contributed by atoms with Crippen LogP contribution in [0.25, 0.3) is 0 Å². The largest absolute Gasteiger partial charge is 0.444 e. The van der Waals surface area contributed by atoms with Crippen LogP contribution >= 0.6 is 0 Å². The van der Waals surface area contributed by atoms with Gasteiger partial charge in [-0.1, -0.05) is 6.42 Å². The fourth-order valence-electron chi connectivity index (χ4n) is 3.40. The van der Waals surface area contributed by atoms with E-state index in [1.807, 2.05) is 20.8 Å². The monoisotopic (exact) mass is 339 g/mol. The molecule has 2 amide bonds. The van der Waals surface area contributed by atoms with Crippen molar-refractivity contribution in [3.05, 3.63) is 0 Å². The van der Waals surface area contributed by atoms with E-state index in [4.69, 9.17) is 4.74 Å². The SMILES string of the molecule is CC(CN1CCCCC1)NC(=O)C1CCN(C(=O)OC(C)(C)C)C1. The first-order valence-corrected chi connectivity index (χ1v) is 9.25. The zero-order valence-corrected chi connectivity index (χ0v) is 15.6. The van der Waals surface area contributed by atoms with Gasteiger partial charge in [0.1, 0.15) is 5.60 Å². The maximum atomic E-state index is 12.4. The summed E-state index contributed by atoms with van der Waals surface area (Å²) >= 11 is 0. The average molecular weight is 339 g/mol. The maximum absolute atomic E-state index is 12.4. The third kappa shape index (κ3) is 5.96. The van der Waals surface area contributed by atoms with Gasteiger partial charge in [-0.25, -0.2) is 4.79 Å². The van der Waals surface area contributed by atoms with Crippen LogP contribution < -0.4 is 5.32 Å². The fraction of sp³-hybridized carbons (Fsp3) is 0.889. The van der Waals surface area contributed by atoms with E-state index in [0.29, 0.717) is 19.5 Å². The number of carbonyl (C=O) groups is 2. The molecule has 2 aliphatic heterocycles. The van der Waals surface area contributed by atoms with Gasteiger partial charge >= 0.3 is 6.09 Å². The number of amides is 2. The first-order chi connectivity index (χ1) is 11.2. The summed E-state index contributed by atoms with van der Waals surface area (Å²) in [5.41, 5.74) is -0.500. The third-order valence-electron chi connectivity index (χ3n) is 4.58. The summed E-state index contributed by atoms with van der Waals surface area (Å²) in [5.74, 6) is -0.0631. The fourth-order valence-corrected chi connectivity index (χ4v) is 3.40. The van der Waals surface area contributed by atoms with Crippen molar-refractivity contribution < 1.29 is 14.3 Å². The summed E-state index contributed by atoms with van der Waals surface area (Å²) in [5, 5.41) is 3.12. The Labute approximate surface area is 145 Å². The van der Waals surface area contributed by atoms with Gasteiger partial charge in [0.2, 0.25) is 5.91 Å². The molecular formula is C18H33N3O3. The summed E-state index contributed by atoms with van der Waals surface area (Å²) < 4.78 is 5.38. The quantitative estimate of drug-likeness (QED) is 0.853. The number of hydrogen-bond donors (Lipinski definition) is 1. The lowest BCUT2D eigenvalue weighted by atomic mass is 10.1. The molecule has 2 aliphatic rings. The second-order valence-corrected chi connectivity index (χ2v) is 8.18. The highest BCUT2D eigenvalue weighted by molar-refractivity contribution is 5.80. The van der Waals surface area contributed by atoms with Crippen molar-refractivity contribution in [3.63, 3.8) is 0 Å². The average Bonchev–Trinajstić information content (AvgIpc) is 2.96. The van der Waals surface area contributed by atoms with E-state index in [2.05, 4.69) is 17.1 Å². The summed E-state index contributed by atoms with van der Waals surface area (Å²) in [6.07, 6.45) is 4.23. The molecule has 0 aliphatic carbocycles. The van der Waals surface area contributed by atoms with E-state index in [-0.39, 0.29) is 24.0 Å². The topological polar surface area (TPSA) is 61.9 Å². The summed E-state index contributed by atoms with van der Waals surface area (Å²) in [6, 6.07) is 0.145. The van der Waals surface area contributed by atoms with Gasteiger partial charge in [-0.3, -0.25) is 4.79 Å². The van der Waals surface area contributed by atoms with E-state index in [9.17, 15) is 9.59 Å². The van der Waals surface area contributed by atoms with Gasteiger partial charge < -0.3 is 19.9 Å². The smallest absolute Gasteiger partial charge is 0.410 e. The number of nitrogens with zero attached hydrogens (tertiary/aromatic N) is 2. The first kappa shape index (κ1) is 19.0. The van der Waals surface area contributed by atoms with Crippen molar-refractivity contribution in [2.45, 2.75) is 65.0 Å². The molecule has 2 atom stereocenters. The molecule has 2 heterocycles. The molecule has 1 N–H and O–H groups in total. The highest BCUT2D eigenvalue weighted by Crippen LogP contribution is 2.20. The molecule has 2 fully saturated rings. The minimum Gasteiger partial charge on any atom is -0.444 e. The Morgan fingerprint density at radius 2 is 1.83 bits per heavy atom. The lowest BCUT2D eigenvalue weighted by Crippen LogP contribution is -2.46. The Hall–Kier alpha value is -1.30. The molecule has 24 heavy (non-hydrogen) atoms. The highest BCUT2D eigenvalue weighted by Gasteiger charge is 2.33. The van der Waals surface area contributed by atoms with Gasteiger partial charge in [-0.05, 0) is 60.0 Å². The first-order valence-electron chi connectivity index (χ1n) is 9.25. The maximum Gasteiger partial charge on any atom is 0.410 e. The molecule has 0 aromatic heterocycles. The highest BCUT2D eigenvalue weighted by atomic mass is 16.6. The second-order valence-electron chi connectivity index (χ2n) is 8.18. The lowest BCUT2D eigenvalue weighted by Gasteiger charge is -2.29. The van der Waals surface area contributed by atoms with Crippen LogP contribution in [0.3, 0.4) is 0 Å². The molecule has 0 saturated carbocycles. The number of rotatable bonds is 4. The zero-order valence-electron chi connectivity index (χ0n) is 15.6. The standard InChI is InChI=1S/C18H33N3O3/c1-14(12-20-9-6-5-7-10-20)19-16(22)15-8-11-21(13-15)17(23)24-18(2,3)4/h14-15H,5-13H2,1-4H3,(H,19,22). The molecule has 6 nitrogen and oxygen atoms in total. The summed E-state index contributed by atoms with van der Waals surface area (Å²) in [6.45, 7) is 11.9. The van der Waals surface area contributed by atoms with Crippen molar-refractivity contribution in [3.8, 4) is 0 Å². The molecule has 2 rings (SSSR count). The van der Waals surface area contributed by atoms with Gasteiger partial charge in [0, 0.05) is 25.7 Å². The van der Waals surface area contributed by atoms with Crippen molar-refractivity contribution in [2.24, 2.45) is 5.92 Å². The van der Waals surface area contributed by atoms with Crippen LogP contribution in [-0.2, 0) is 9.53 Å². The van der Waals surface area contributed by atoms with Crippen LogP contribution in [0, 0.1) is 5.92 Å². The van der Waals surface area contributed by atoms with Gasteiger partial charge in [0.05, 0.1) is 5.92 Å². The Morgan fingerprint density at radius 1 is 1.17 bits per heavy atom. The van der Waals surface area contributed by atoms with Gasteiger partial charge in [0.15, 0.2) is 0 Å². The molecule has 0 bridgehead atoms. The number of nitrogens with one attached hydrogen (secondary N) is 1.